The highest BCUT2D eigenvalue weighted by Gasteiger charge is 2.28. The van der Waals surface area contributed by atoms with Crippen LogP contribution in [0.1, 0.15) is 0 Å². The Morgan fingerprint density at radius 1 is 0.131 bits per heavy atom. The van der Waals surface area contributed by atoms with Gasteiger partial charge in [0.1, 0.15) is 33.5 Å². The molecule has 3 heterocycles. The lowest BCUT2D eigenvalue weighted by molar-refractivity contribution is 0.669. The zero-order chi connectivity index (χ0) is 96.1. The van der Waals surface area contributed by atoms with E-state index in [1.54, 1.807) is 0 Å². The largest absolute Gasteiger partial charge is 0.456 e. The lowest BCUT2D eigenvalue weighted by Crippen LogP contribution is -2.38. The normalized spacial score (nSPS) is 12.0. The maximum absolute atomic E-state index is 6.78. The van der Waals surface area contributed by atoms with E-state index in [1.807, 2.05) is 12.1 Å². The second-order valence-electron chi connectivity index (χ2n) is 39.6. The number of hydrogen-bond acceptors (Lipinski definition) is 3. The number of benzene rings is 27. The standard InChI is InChI=1S/C56H34O.C49H36OSi.C36H22O/c1-3-16-40-36(13-1)15-11-24-44(40)55-47-22-9-7-20-45(47)54(46-21-8-10-23-48(46)55)37-29-27-35(28-30-37)38-31-32-53-52(33-38)50-26-12-25-49(56(50)57-53)51-34-39-14-2-4-17-41(39)42-18-5-6-19-43(42)51;1-51(2,3)46-29-27-35(34-17-6-7-18-36(34)46)42-24-13-25-43-44-30-32(26-28-45(44)50-49(42)43)47-38-19-8-10-21-40(38)48(41-22-11-9-20-39(41)47)37-23-12-15-31-14-4-5-16-33(31)37;1-2-12-25-23(10-1)11-9-18-27(25)36-30-16-5-3-14-28(30)35(29-15-4-6-17-31(29)36)24-20-21-34-32(22-24)26-13-7-8-19-33(26)37-34/h1-34H;4-30H,1-3H3;1-22H. The number of hydrogen-bond donors (Lipinski definition) is 0. The van der Waals surface area contributed by atoms with Gasteiger partial charge in [0.25, 0.3) is 0 Å². The summed E-state index contributed by atoms with van der Waals surface area (Å²) < 4.78 is 19.6. The lowest BCUT2D eigenvalue weighted by atomic mass is 9.84. The summed E-state index contributed by atoms with van der Waals surface area (Å²) in [5, 5.41) is 38.7. The van der Waals surface area contributed by atoms with E-state index in [9.17, 15) is 0 Å². The van der Waals surface area contributed by atoms with E-state index in [1.165, 1.54) is 223 Å². The average Bonchev–Trinajstić information content (AvgIpc) is 1.53. The fourth-order valence-electron chi connectivity index (χ4n) is 24.1. The van der Waals surface area contributed by atoms with Crippen LogP contribution in [-0.2, 0) is 0 Å². The Morgan fingerprint density at radius 2 is 0.400 bits per heavy atom. The van der Waals surface area contributed by atoms with E-state index in [0.29, 0.717) is 0 Å². The first-order valence-electron chi connectivity index (χ1n) is 50.2. The summed E-state index contributed by atoms with van der Waals surface area (Å²) in [6, 6.07) is 183. The topological polar surface area (TPSA) is 39.4 Å². The zero-order valence-electron chi connectivity index (χ0n) is 80.1. The molecule has 30 rings (SSSR count). The molecule has 678 valence electrons. The van der Waals surface area contributed by atoms with Crippen molar-refractivity contribution in [3.05, 3.63) is 504 Å². The molecule has 0 saturated heterocycles. The van der Waals surface area contributed by atoms with Gasteiger partial charge in [0, 0.05) is 43.4 Å². The molecule has 145 heavy (non-hydrogen) atoms. The molecule has 3 nitrogen and oxygen atoms in total. The molecule has 0 aliphatic carbocycles. The molecule has 0 N–H and O–H groups in total. The molecular weight excluding hydrogens is 1770 g/mol. The molecule has 0 spiro atoms. The molecule has 4 heteroatoms. The van der Waals surface area contributed by atoms with Crippen molar-refractivity contribution < 1.29 is 13.3 Å². The predicted molar refractivity (Wildman–Crippen MR) is 623 cm³/mol. The van der Waals surface area contributed by atoms with Gasteiger partial charge < -0.3 is 13.3 Å². The van der Waals surface area contributed by atoms with Crippen molar-refractivity contribution >= 4 is 208 Å². The molecule has 0 radical (unpaired) electrons. The summed E-state index contributed by atoms with van der Waals surface area (Å²) in [6.07, 6.45) is 0. The van der Waals surface area contributed by atoms with E-state index in [2.05, 4.69) is 511 Å². The van der Waals surface area contributed by atoms with E-state index in [4.69, 9.17) is 13.3 Å². The Bertz CT molecular complexity index is 10400. The van der Waals surface area contributed by atoms with Gasteiger partial charge in [0.2, 0.25) is 0 Å². The van der Waals surface area contributed by atoms with Crippen molar-refractivity contribution in [2.45, 2.75) is 19.6 Å². The Kier molecular flexibility index (Phi) is 20.0. The van der Waals surface area contributed by atoms with Gasteiger partial charge in [-0.05, 0) is 267 Å². The maximum Gasteiger partial charge on any atom is 0.143 e. The van der Waals surface area contributed by atoms with Crippen molar-refractivity contribution in [3.8, 4) is 100 Å². The minimum atomic E-state index is -1.54. The SMILES string of the molecule is C[Si](C)(C)c1ccc(-c2cccc3c2oc2ccc(-c4c5ccccc5c(-c5cccc6ccccc56)c5ccccc45)cc23)c2ccccc12.c1ccc2c(-c3c4ccccc4c(-c4ccc(-c5ccc6oc7c(-c8cc9ccccc9c9ccccc89)cccc7c6c5)cc4)c4ccccc34)cccc2c1.c1ccc2c(-c3c4ccccc4c(-c4ccc5oc6ccccc6c5c4)c4ccccc34)cccc2c1. The highest BCUT2D eigenvalue weighted by Crippen LogP contribution is 2.53. The van der Waals surface area contributed by atoms with Crippen LogP contribution >= 0.6 is 0 Å². The summed E-state index contributed by atoms with van der Waals surface area (Å²) in [5.41, 5.74) is 27.6. The number of fused-ring (bicyclic) bond motifs is 22. The van der Waals surface area contributed by atoms with Crippen LogP contribution in [0.4, 0.5) is 0 Å². The molecule has 0 amide bonds. The molecule has 0 unspecified atom stereocenters. The molecule has 3 aromatic heterocycles. The van der Waals surface area contributed by atoms with E-state index in [0.717, 1.165) is 76.9 Å². The molecule has 0 aliphatic heterocycles. The first kappa shape index (κ1) is 84.7. The van der Waals surface area contributed by atoms with Gasteiger partial charge in [-0.15, -0.1) is 0 Å². The Morgan fingerprint density at radius 3 is 0.828 bits per heavy atom. The molecule has 0 aliphatic rings. The Hall–Kier alpha value is -18.3. The van der Waals surface area contributed by atoms with Crippen LogP contribution < -0.4 is 5.19 Å². The van der Waals surface area contributed by atoms with Gasteiger partial charge in [-0.2, -0.15) is 0 Å². The smallest absolute Gasteiger partial charge is 0.143 e. The highest BCUT2D eigenvalue weighted by molar-refractivity contribution is 6.90. The van der Waals surface area contributed by atoms with E-state index < -0.39 is 8.07 Å². The first-order chi connectivity index (χ1) is 71.6. The summed E-state index contributed by atoms with van der Waals surface area (Å²) in [7, 11) is -1.54. The van der Waals surface area contributed by atoms with Gasteiger partial charge in [-0.3, -0.25) is 0 Å². The van der Waals surface area contributed by atoms with E-state index >= 15 is 0 Å². The molecule has 0 saturated carbocycles. The molecule has 30 aromatic rings. The third kappa shape index (κ3) is 14.0. The number of para-hydroxylation sites is 3. The van der Waals surface area contributed by atoms with Gasteiger partial charge in [-0.25, -0.2) is 0 Å². The van der Waals surface area contributed by atoms with Gasteiger partial charge in [-0.1, -0.05) is 480 Å². The fraction of sp³-hybridized carbons (Fsp3) is 0.0213. The number of furan rings is 3. The van der Waals surface area contributed by atoms with Crippen molar-refractivity contribution in [1.82, 2.24) is 0 Å². The second-order valence-corrected chi connectivity index (χ2v) is 44.7. The molecule has 27 aromatic carbocycles. The van der Waals surface area contributed by atoms with E-state index in [-0.39, 0.29) is 0 Å². The summed E-state index contributed by atoms with van der Waals surface area (Å²) in [6.45, 7) is 7.28. The Balaban J connectivity index is 0.000000108. The second kappa shape index (κ2) is 34.3. The van der Waals surface area contributed by atoms with Crippen LogP contribution in [0.25, 0.3) is 295 Å². The van der Waals surface area contributed by atoms with Gasteiger partial charge in [0.05, 0.1) is 8.07 Å². The highest BCUT2D eigenvalue weighted by atomic mass is 28.3. The van der Waals surface area contributed by atoms with Gasteiger partial charge >= 0.3 is 0 Å². The van der Waals surface area contributed by atoms with Crippen LogP contribution in [-0.4, -0.2) is 8.07 Å². The van der Waals surface area contributed by atoms with Crippen molar-refractivity contribution in [2.24, 2.45) is 0 Å². The van der Waals surface area contributed by atoms with Crippen LogP contribution in [0, 0.1) is 0 Å². The van der Waals surface area contributed by atoms with Gasteiger partial charge in [0.15, 0.2) is 0 Å². The molecule has 0 atom stereocenters. The average molecular weight is 1860 g/mol. The molecule has 0 fully saturated rings. The summed E-state index contributed by atoms with van der Waals surface area (Å²) in [4.78, 5) is 0. The molecule has 0 bridgehead atoms. The predicted octanol–water partition coefficient (Wildman–Crippen LogP) is 40.1. The summed E-state index contributed by atoms with van der Waals surface area (Å²) in [5.74, 6) is 0. The zero-order valence-corrected chi connectivity index (χ0v) is 81.1. The van der Waals surface area contributed by atoms with Crippen LogP contribution in [0.3, 0.4) is 0 Å². The van der Waals surface area contributed by atoms with Crippen molar-refractivity contribution in [1.29, 1.82) is 0 Å². The monoisotopic (exact) mass is 1860 g/mol. The first-order valence-corrected chi connectivity index (χ1v) is 53.7. The molecular formula is C141H92O3Si. The summed E-state index contributed by atoms with van der Waals surface area (Å²) >= 11 is 0. The third-order valence-electron chi connectivity index (χ3n) is 30.5. The van der Waals surface area contributed by atoms with Crippen molar-refractivity contribution in [2.75, 3.05) is 0 Å². The minimum Gasteiger partial charge on any atom is -0.456 e. The third-order valence-corrected chi connectivity index (χ3v) is 32.6. The quantitative estimate of drug-likeness (QED) is 0.0778. The van der Waals surface area contributed by atoms with Crippen molar-refractivity contribution in [3.63, 3.8) is 0 Å². The fourth-order valence-corrected chi connectivity index (χ4v) is 25.7. The van der Waals surface area contributed by atoms with Crippen LogP contribution in [0.15, 0.2) is 517 Å². The van der Waals surface area contributed by atoms with Crippen LogP contribution in [0.5, 0.6) is 0 Å². The maximum atomic E-state index is 6.78. The van der Waals surface area contributed by atoms with Crippen LogP contribution in [0.2, 0.25) is 19.6 Å². The Labute approximate surface area is 838 Å². The lowest BCUT2D eigenvalue weighted by Gasteiger charge is -2.21. The number of rotatable bonds is 10. The minimum absolute atomic E-state index is 0.895.